The molecule has 0 spiro atoms. The van der Waals surface area contributed by atoms with Crippen molar-refractivity contribution >= 4 is 11.9 Å². The molecule has 2 aromatic carbocycles. The summed E-state index contributed by atoms with van der Waals surface area (Å²) < 4.78 is 23.2. The van der Waals surface area contributed by atoms with Crippen molar-refractivity contribution in [3.05, 3.63) is 64.7 Å². The lowest BCUT2D eigenvalue weighted by Gasteiger charge is -2.48. The van der Waals surface area contributed by atoms with Gasteiger partial charge in [0.05, 0.1) is 18.8 Å². The zero-order chi connectivity index (χ0) is 26.0. The largest absolute Gasteiger partial charge is 0.489 e. The van der Waals surface area contributed by atoms with Gasteiger partial charge >= 0.3 is 11.9 Å². The fourth-order valence-corrected chi connectivity index (χ4v) is 6.91. The van der Waals surface area contributed by atoms with Gasteiger partial charge in [0.15, 0.2) is 5.92 Å². The minimum absolute atomic E-state index is 0.0291. The molecule has 2 aromatic rings. The molecule has 0 bridgehead atoms. The number of hydrogen-bond donors (Lipinski definition) is 0. The summed E-state index contributed by atoms with van der Waals surface area (Å²) in [6.45, 7) is 7.31. The maximum atomic E-state index is 13.1. The average Bonchev–Trinajstić information content (AvgIpc) is 3.30. The number of esters is 2. The highest BCUT2D eigenvalue weighted by Gasteiger charge is 2.51. The van der Waals surface area contributed by atoms with Crippen molar-refractivity contribution in [3.63, 3.8) is 0 Å². The Kier molecular flexibility index (Phi) is 7.57. The zero-order valence-corrected chi connectivity index (χ0v) is 22.2. The van der Waals surface area contributed by atoms with Gasteiger partial charge in [0.25, 0.3) is 0 Å². The molecule has 1 aliphatic heterocycles. The Balaban J connectivity index is 1.55. The normalized spacial score (nSPS) is 26.1. The number of fused-ring (bicyclic) bond motifs is 5. The summed E-state index contributed by atoms with van der Waals surface area (Å²) in [7, 11) is 0. The highest BCUT2D eigenvalue weighted by Crippen LogP contribution is 2.56. The molecule has 0 amide bonds. The molecule has 0 N–H and O–H groups in total. The predicted octanol–water partition coefficient (Wildman–Crippen LogP) is 5.71. The monoisotopic (exact) mass is 506 g/mol. The smallest absolute Gasteiger partial charge is 0.325 e. The second kappa shape index (κ2) is 10.9. The topological polar surface area (TPSA) is 71.1 Å². The van der Waals surface area contributed by atoms with Crippen LogP contribution in [0.2, 0.25) is 0 Å². The summed E-state index contributed by atoms with van der Waals surface area (Å²) in [5.74, 6) is -0.354. The van der Waals surface area contributed by atoms with Crippen LogP contribution in [-0.4, -0.2) is 37.4 Å². The van der Waals surface area contributed by atoms with E-state index in [4.69, 9.17) is 18.9 Å². The zero-order valence-electron chi connectivity index (χ0n) is 22.2. The van der Waals surface area contributed by atoms with Gasteiger partial charge in [0.1, 0.15) is 12.4 Å². The second-order valence-corrected chi connectivity index (χ2v) is 10.7. The van der Waals surface area contributed by atoms with E-state index in [1.807, 2.05) is 30.3 Å². The standard InChI is InChI=1S/C31H38O6/c1-4-34-29(32)28(30(33)35-5-2)25-18-24-21(17-27(25)36-19-20-9-7-6-8-10-20)11-12-23-22(24)13-15-31(3)26(23)14-16-37-31/h6-10,17-18,22-23,26,28H,4-5,11-16,19H2,1-3H3/t22?,23?,26?,31-/m0/s1. The summed E-state index contributed by atoms with van der Waals surface area (Å²) in [6.07, 6.45) is 5.25. The highest BCUT2D eigenvalue weighted by molar-refractivity contribution is 6.01. The third-order valence-corrected chi connectivity index (χ3v) is 8.64. The molecule has 1 saturated heterocycles. The molecule has 0 aromatic heterocycles. The van der Waals surface area contributed by atoms with E-state index in [0.29, 0.717) is 35.7 Å². The minimum atomic E-state index is -1.18. The van der Waals surface area contributed by atoms with Crippen LogP contribution in [-0.2, 0) is 36.8 Å². The Labute approximate surface area is 219 Å². The van der Waals surface area contributed by atoms with E-state index >= 15 is 0 Å². The Hall–Kier alpha value is -2.86. The fraction of sp³-hybridized carbons (Fsp3) is 0.548. The van der Waals surface area contributed by atoms with Gasteiger partial charge in [-0.05, 0) is 93.4 Å². The van der Waals surface area contributed by atoms with Gasteiger partial charge in [-0.25, -0.2) is 0 Å². The summed E-state index contributed by atoms with van der Waals surface area (Å²) >= 11 is 0. The van der Waals surface area contributed by atoms with Crippen LogP contribution in [0.1, 0.15) is 80.5 Å². The van der Waals surface area contributed by atoms with Gasteiger partial charge in [-0.2, -0.15) is 0 Å². The Morgan fingerprint density at radius 2 is 1.76 bits per heavy atom. The second-order valence-electron chi connectivity index (χ2n) is 10.7. The van der Waals surface area contributed by atoms with Gasteiger partial charge in [-0.15, -0.1) is 0 Å². The number of aryl methyl sites for hydroxylation is 1. The van der Waals surface area contributed by atoms with E-state index in [9.17, 15) is 9.59 Å². The fourth-order valence-electron chi connectivity index (χ4n) is 6.91. The van der Waals surface area contributed by atoms with Crippen LogP contribution in [0.5, 0.6) is 5.75 Å². The van der Waals surface area contributed by atoms with Crippen molar-refractivity contribution in [1.29, 1.82) is 0 Å². The van der Waals surface area contributed by atoms with Gasteiger partial charge in [0, 0.05) is 12.2 Å². The molecule has 4 atom stereocenters. The van der Waals surface area contributed by atoms with Gasteiger partial charge in [-0.3, -0.25) is 9.59 Å². The van der Waals surface area contributed by atoms with E-state index in [2.05, 4.69) is 19.1 Å². The Morgan fingerprint density at radius 3 is 2.46 bits per heavy atom. The van der Waals surface area contributed by atoms with Gasteiger partial charge in [-0.1, -0.05) is 36.4 Å². The maximum absolute atomic E-state index is 13.1. The predicted molar refractivity (Wildman–Crippen MR) is 139 cm³/mol. The molecule has 5 rings (SSSR count). The number of carbonyl (C=O) groups excluding carboxylic acids is 2. The maximum Gasteiger partial charge on any atom is 0.325 e. The SMILES string of the molecule is CCOC(=O)C(C(=O)OCC)c1cc2c(cc1OCc1ccccc1)CCC1C2CC[C@]2(C)OCCC12. The van der Waals surface area contributed by atoms with Crippen molar-refractivity contribution < 1.29 is 28.5 Å². The van der Waals surface area contributed by atoms with Crippen LogP contribution in [0.4, 0.5) is 0 Å². The Bertz CT molecular complexity index is 1110. The lowest BCUT2D eigenvalue weighted by atomic mass is 9.58. The van der Waals surface area contributed by atoms with Gasteiger partial charge in [0.2, 0.25) is 0 Å². The third-order valence-electron chi connectivity index (χ3n) is 8.64. The van der Waals surface area contributed by atoms with Crippen molar-refractivity contribution in [2.75, 3.05) is 19.8 Å². The molecule has 1 heterocycles. The quantitative estimate of drug-likeness (QED) is 0.337. The molecular formula is C31H38O6. The van der Waals surface area contributed by atoms with Crippen molar-refractivity contribution in [2.24, 2.45) is 11.8 Å². The first kappa shape index (κ1) is 25.8. The molecule has 1 saturated carbocycles. The first-order chi connectivity index (χ1) is 17.9. The number of ether oxygens (including phenoxy) is 4. The number of carbonyl (C=O) groups is 2. The van der Waals surface area contributed by atoms with E-state index < -0.39 is 17.9 Å². The molecule has 37 heavy (non-hydrogen) atoms. The summed E-state index contributed by atoms with van der Waals surface area (Å²) in [5, 5.41) is 0. The number of rotatable bonds is 8. The van der Waals surface area contributed by atoms with Crippen molar-refractivity contribution in [2.45, 2.75) is 76.9 Å². The average molecular weight is 507 g/mol. The molecule has 3 aliphatic rings. The molecule has 198 valence electrons. The first-order valence-corrected chi connectivity index (χ1v) is 13.8. The van der Waals surface area contributed by atoms with Gasteiger partial charge < -0.3 is 18.9 Å². The molecule has 6 nitrogen and oxygen atoms in total. The van der Waals surface area contributed by atoms with Crippen molar-refractivity contribution in [1.82, 2.24) is 0 Å². The molecular weight excluding hydrogens is 468 g/mol. The summed E-state index contributed by atoms with van der Waals surface area (Å²) in [4.78, 5) is 26.3. The lowest BCUT2D eigenvalue weighted by molar-refractivity contribution is -0.157. The third kappa shape index (κ3) is 5.00. The van der Waals surface area contributed by atoms with E-state index in [1.54, 1.807) is 13.8 Å². The highest BCUT2D eigenvalue weighted by atomic mass is 16.6. The van der Waals surface area contributed by atoms with E-state index in [0.717, 1.165) is 44.3 Å². The van der Waals surface area contributed by atoms with Crippen LogP contribution in [0.15, 0.2) is 42.5 Å². The number of benzene rings is 2. The van der Waals surface area contributed by atoms with Crippen LogP contribution < -0.4 is 4.74 Å². The molecule has 6 heteroatoms. The number of hydrogen-bond acceptors (Lipinski definition) is 6. The van der Waals surface area contributed by atoms with Crippen molar-refractivity contribution in [3.8, 4) is 5.75 Å². The first-order valence-electron chi connectivity index (χ1n) is 13.8. The molecule has 2 aliphatic carbocycles. The molecule has 0 radical (unpaired) electrons. The van der Waals surface area contributed by atoms with Crippen LogP contribution in [0, 0.1) is 11.8 Å². The van der Waals surface area contributed by atoms with Crippen LogP contribution >= 0.6 is 0 Å². The van der Waals surface area contributed by atoms with Crippen LogP contribution in [0.3, 0.4) is 0 Å². The van der Waals surface area contributed by atoms with Crippen LogP contribution in [0.25, 0.3) is 0 Å². The summed E-state index contributed by atoms with van der Waals surface area (Å²) in [6, 6.07) is 14.0. The summed E-state index contributed by atoms with van der Waals surface area (Å²) in [5.41, 5.74) is 4.03. The Morgan fingerprint density at radius 1 is 1.03 bits per heavy atom. The molecule has 2 fully saturated rings. The van der Waals surface area contributed by atoms with E-state index in [-0.39, 0.29) is 18.8 Å². The van der Waals surface area contributed by atoms with E-state index in [1.165, 1.54) is 11.1 Å². The lowest BCUT2D eigenvalue weighted by Crippen LogP contribution is -2.44. The minimum Gasteiger partial charge on any atom is -0.489 e. The molecule has 3 unspecified atom stereocenters.